The van der Waals surface area contributed by atoms with E-state index in [0.29, 0.717) is 28.1 Å². The third-order valence-corrected chi connectivity index (χ3v) is 6.21. The second-order valence-electron chi connectivity index (χ2n) is 6.80. The number of pyridine rings is 2. The molecule has 0 aliphatic carbocycles. The molecule has 0 fully saturated rings. The maximum absolute atomic E-state index is 13.4. The average Bonchev–Trinajstić information content (AvgIpc) is 2.78. The van der Waals surface area contributed by atoms with Crippen LogP contribution in [0.25, 0.3) is 10.9 Å². The van der Waals surface area contributed by atoms with Crippen LogP contribution in [0.4, 0.5) is 5.69 Å². The molecule has 154 valence electrons. The molecule has 1 N–H and O–H groups in total. The van der Waals surface area contributed by atoms with Crippen molar-refractivity contribution in [2.75, 3.05) is 11.8 Å². The molecule has 0 unspecified atom stereocenters. The van der Waals surface area contributed by atoms with Crippen LogP contribution in [0.3, 0.4) is 0 Å². The fraction of sp³-hybridized carbons (Fsp3) is 0.0833. The molecule has 0 saturated heterocycles. The molecule has 0 radical (unpaired) electrons. The molecule has 0 bridgehead atoms. The van der Waals surface area contributed by atoms with Gasteiger partial charge in [0.05, 0.1) is 18.3 Å². The van der Waals surface area contributed by atoms with Gasteiger partial charge in [0.2, 0.25) is 0 Å². The number of anilines is 1. The molecule has 0 spiro atoms. The molecule has 0 aliphatic rings. The number of hydrogen-bond acceptors (Lipinski definition) is 5. The van der Waals surface area contributed by atoms with Crippen LogP contribution < -0.4 is 9.46 Å². The van der Waals surface area contributed by atoms with Gasteiger partial charge in [0.1, 0.15) is 10.6 Å². The lowest BCUT2D eigenvalue weighted by molar-refractivity contribution is 0.415. The van der Waals surface area contributed by atoms with Crippen molar-refractivity contribution in [2.45, 2.75) is 11.8 Å². The highest BCUT2D eigenvalue weighted by atomic mass is 32.2. The van der Waals surface area contributed by atoms with E-state index in [9.17, 15) is 8.42 Å². The number of methoxy groups -OCH3 is 1. The summed E-state index contributed by atoms with van der Waals surface area (Å²) in [4.78, 5) is 8.49. The van der Waals surface area contributed by atoms with Gasteiger partial charge in [-0.2, -0.15) is 0 Å². The predicted octanol–water partition coefficient (Wildman–Crippen LogP) is 4.15. The Morgan fingerprint density at radius 1 is 1.00 bits per heavy atom. The number of nitrogens with zero attached hydrogens (tertiary/aromatic N) is 2. The summed E-state index contributed by atoms with van der Waals surface area (Å²) in [7, 11) is -2.43. The number of nitrogens with one attached hydrogen (secondary N) is 1. The Labute approximate surface area is 181 Å². The zero-order valence-corrected chi connectivity index (χ0v) is 17.8. The van der Waals surface area contributed by atoms with Gasteiger partial charge in [-0.05, 0) is 42.8 Å². The van der Waals surface area contributed by atoms with Gasteiger partial charge in [-0.15, -0.1) is 0 Å². The Kier molecular flexibility index (Phi) is 5.56. The lowest BCUT2D eigenvalue weighted by atomic mass is 10.1. The molecule has 2 aromatic carbocycles. The van der Waals surface area contributed by atoms with Crippen molar-refractivity contribution in [3.8, 4) is 17.6 Å². The normalized spacial score (nSPS) is 10.9. The molecule has 2 aromatic heterocycles. The maximum atomic E-state index is 13.4. The molecule has 4 aromatic rings. The quantitative estimate of drug-likeness (QED) is 0.493. The molecule has 2 heterocycles. The summed E-state index contributed by atoms with van der Waals surface area (Å²) in [6.45, 7) is 1.75. The summed E-state index contributed by atoms with van der Waals surface area (Å²) < 4.78 is 34.8. The minimum atomic E-state index is -3.95. The number of rotatable bonds is 4. The van der Waals surface area contributed by atoms with Crippen LogP contribution in [-0.2, 0) is 10.0 Å². The van der Waals surface area contributed by atoms with Gasteiger partial charge in [-0.3, -0.25) is 14.7 Å². The fourth-order valence-electron chi connectivity index (χ4n) is 3.17. The molecule has 31 heavy (non-hydrogen) atoms. The molecule has 7 heteroatoms. The van der Waals surface area contributed by atoms with E-state index in [4.69, 9.17) is 4.74 Å². The number of ether oxygens (including phenoxy) is 1. The standard InChI is InChI=1S/C24H19N3O3S/c1-17-7-9-20-6-4-14-26-23(20)24(17)31(28,29)27-22-15-21(30-2)12-11-19(22)10-8-18-5-3-13-25-16-18/h3-7,9,11-16,27H,1-2H3. The van der Waals surface area contributed by atoms with Crippen molar-refractivity contribution < 1.29 is 13.2 Å². The van der Waals surface area contributed by atoms with Crippen molar-refractivity contribution in [3.05, 3.63) is 89.9 Å². The summed E-state index contributed by atoms with van der Waals surface area (Å²) in [5.41, 5.74) is 2.58. The van der Waals surface area contributed by atoms with E-state index in [-0.39, 0.29) is 4.90 Å². The Bertz CT molecular complexity index is 1420. The third-order valence-electron chi connectivity index (χ3n) is 4.67. The Morgan fingerprint density at radius 3 is 2.61 bits per heavy atom. The van der Waals surface area contributed by atoms with Gasteiger partial charge in [0, 0.05) is 41.2 Å². The molecule has 0 saturated carbocycles. The first-order chi connectivity index (χ1) is 15.0. The summed E-state index contributed by atoms with van der Waals surface area (Å²) in [6.07, 6.45) is 4.89. The van der Waals surface area contributed by atoms with E-state index in [2.05, 4.69) is 26.5 Å². The number of aromatic nitrogens is 2. The summed E-state index contributed by atoms with van der Waals surface area (Å²) in [6, 6.07) is 15.9. The minimum Gasteiger partial charge on any atom is -0.497 e. The van der Waals surface area contributed by atoms with Crippen molar-refractivity contribution in [1.29, 1.82) is 0 Å². The van der Waals surface area contributed by atoms with E-state index in [1.807, 2.05) is 18.2 Å². The number of fused-ring (bicyclic) bond motifs is 1. The van der Waals surface area contributed by atoms with Crippen LogP contribution in [0.5, 0.6) is 5.75 Å². The van der Waals surface area contributed by atoms with Crippen molar-refractivity contribution in [2.24, 2.45) is 0 Å². The molecule has 4 rings (SSSR count). The van der Waals surface area contributed by atoms with Gasteiger partial charge < -0.3 is 4.74 Å². The number of benzene rings is 2. The van der Waals surface area contributed by atoms with Crippen LogP contribution >= 0.6 is 0 Å². The van der Waals surface area contributed by atoms with Crippen molar-refractivity contribution in [1.82, 2.24) is 9.97 Å². The fourth-order valence-corrected chi connectivity index (χ4v) is 4.65. The Hall–Kier alpha value is -3.89. The lowest BCUT2D eigenvalue weighted by Crippen LogP contribution is -2.16. The highest BCUT2D eigenvalue weighted by molar-refractivity contribution is 7.93. The molecule has 0 amide bonds. The van der Waals surface area contributed by atoms with Gasteiger partial charge in [0.15, 0.2) is 0 Å². The average molecular weight is 430 g/mol. The van der Waals surface area contributed by atoms with Gasteiger partial charge in [0.25, 0.3) is 10.0 Å². The number of sulfonamides is 1. The first kappa shape index (κ1) is 20.4. The largest absolute Gasteiger partial charge is 0.497 e. The van der Waals surface area contributed by atoms with E-state index in [1.54, 1.807) is 61.9 Å². The predicted molar refractivity (Wildman–Crippen MR) is 120 cm³/mol. The Morgan fingerprint density at radius 2 is 1.84 bits per heavy atom. The van der Waals surface area contributed by atoms with E-state index in [0.717, 1.165) is 10.9 Å². The smallest absolute Gasteiger partial charge is 0.264 e. The van der Waals surface area contributed by atoms with Crippen molar-refractivity contribution in [3.63, 3.8) is 0 Å². The number of aryl methyl sites for hydroxylation is 1. The second kappa shape index (κ2) is 8.46. The van der Waals surface area contributed by atoms with Crippen LogP contribution in [0.1, 0.15) is 16.7 Å². The third kappa shape index (κ3) is 4.34. The van der Waals surface area contributed by atoms with Gasteiger partial charge in [-0.1, -0.05) is 30.0 Å². The molecule has 0 aliphatic heterocycles. The Balaban J connectivity index is 1.80. The summed E-state index contributed by atoms with van der Waals surface area (Å²) in [5, 5.41) is 0.746. The topological polar surface area (TPSA) is 81.2 Å². The molecular weight excluding hydrogens is 410 g/mol. The first-order valence-electron chi connectivity index (χ1n) is 9.45. The monoisotopic (exact) mass is 429 g/mol. The second-order valence-corrected chi connectivity index (χ2v) is 8.41. The van der Waals surface area contributed by atoms with Crippen LogP contribution in [-0.4, -0.2) is 25.5 Å². The summed E-state index contributed by atoms with van der Waals surface area (Å²) in [5.74, 6) is 6.53. The van der Waals surface area contributed by atoms with Crippen LogP contribution in [0.15, 0.2) is 78.1 Å². The van der Waals surface area contributed by atoms with E-state index >= 15 is 0 Å². The molecule has 6 nitrogen and oxygen atoms in total. The summed E-state index contributed by atoms with van der Waals surface area (Å²) >= 11 is 0. The highest BCUT2D eigenvalue weighted by Crippen LogP contribution is 2.29. The molecular formula is C24H19N3O3S. The van der Waals surface area contributed by atoms with E-state index in [1.165, 1.54) is 7.11 Å². The lowest BCUT2D eigenvalue weighted by Gasteiger charge is -2.14. The van der Waals surface area contributed by atoms with Gasteiger partial charge >= 0.3 is 0 Å². The number of hydrogen-bond donors (Lipinski definition) is 1. The maximum Gasteiger partial charge on any atom is 0.264 e. The minimum absolute atomic E-state index is 0.139. The molecule has 0 atom stereocenters. The van der Waals surface area contributed by atoms with Crippen molar-refractivity contribution >= 4 is 26.6 Å². The van der Waals surface area contributed by atoms with Gasteiger partial charge in [-0.25, -0.2) is 8.42 Å². The van der Waals surface area contributed by atoms with Crippen LogP contribution in [0, 0.1) is 18.8 Å². The highest BCUT2D eigenvalue weighted by Gasteiger charge is 2.22. The zero-order valence-electron chi connectivity index (χ0n) is 17.0. The SMILES string of the molecule is COc1ccc(C#Cc2cccnc2)c(NS(=O)(=O)c2c(C)ccc3cccnc23)c1. The van der Waals surface area contributed by atoms with Crippen LogP contribution in [0.2, 0.25) is 0 Å². The zero-order chi connectivity index (χ0) is 21.8. The van der Waals surface area contributed by atoms with E-state index < -0.39 is 10.0 Å². The first-order valence-corrected chi connectivity index (χ1v) is 10.9.